The van der Waals surface area contributed by atoms with E-state index in [0.717, 1.165) is 75.0 Å². The Labute approximate surface area is 342 Å². The van der Waals surface area contributed by atoms with E-state index in [-0.39, 0.29) is 18.5 Å². The van der Waals surface area contributed by atoms with Crippen LogP contribution in [0, 0.1) is 5.92 Å². The van der Waals surface area contributed by atoms with Gasteiger partial charge in [0.15, 0.2) is 0 Å². The predicted molar refractivity (Wildman–Crippen MR) is 225 cm³/mol. The molecule has 2 amide bonds. The van der Waals surface area contributed by atoms with Crippen molar-refractivity contribution in [2.45, 2.75) is 57.9 Å². The van der Waals surface area contributed by atoms with E-state index in [9.17, 15) is 14.7 Å². The summed E-state index contributed by atoms with van der Waals surface area (Å²) < 4.78 is 13.5. The molecule has 1 aliphatic carbocycles. The maximum atomic E-state index is 11.7. The average Bonchev–Trinajstić information content (AvgIpc) is 3.64. The summed E-state index contributed by atoms with van der Waals surface area (Å²) in [5, 5.41) is 19.2. The molecule has 4 N–H and O–H groups in total. The minimum absolute atomic E-state index is 0.239. The molecule has 57 heavy (non-hydrogen) atoms. The van der Waals surface area contributed by atoms with Gasteiger partial charge in [-0.25, -0.2) is 4.79 Å². The zero-order chi connectivity index (χ0) is 40.1. The van der Waals surface area contributed by atoms with E-state index in [2.05, 4.69) is 22.3 Å². The number of rotatable bonds is 14. The molecule has 0 atom stereocenters. The van der Waals surface area contributed by atoms with Crippen LogP contribution in [-0.4, -0.2) is 52.0 Å². The van der Waals surface area contributed by atoms with Gasteiger partial charge in [-0.05, 0) is 72.2 Å². The number of halogens is 2. The summed E-state index contributed by atoms with van der Waals surface area (Å²) in [7, 11) is 3.26. The molecule has 0 aliphatic heterocycles. The third-order valence-electron chi connectivity index (χ3n) is 11.0. The molecule has 0 bridgehead atoms. The minimum Gasteiger partial charge on any atom is -0.496 e. The van der Waals surface area contributed by atoms with Crippen LogP contribution in [-0.2, 0) is 31.0 Å². The highest BCUT2D eigenvalue weighted by Crippen LogP contribution is 2.41. The Balaban J connectivity index is 1.15. The summed E-state index contributed by atoms with van der Waals surface area (Å²) in [6.45, 7) is 2.00. The van der Waals surface area contributed by atoms with Crippen LogP contribution < -0.4 is 20.5 Å². The summed E-state index contributed by atoms with van der Waals surface area (Å²) in [6.07, 6.45) is 4.84. The van der Waals surface area contributed by atoms with Crippen LogP contribution in [0.4, 0.5) is 4.79 Å². The van der Waals surface area contributed by atoms with Crippen LogP contribution >= 0.6 is 23.2 Å². The maximum absolute atomic E-state index is 11.7. The fourth-order valence-electron chi connectivity index (χ4n) is 7.94. The van der Waals surface area contributed by atoms with Crippen LogP contribution in [0.3, 0.4) is 0 Å². The third-order valence-corrected chi connectivity index (χ3v) is 11.7. The Bertz CT molecular complexity index is 2390. The molecule has 6 aromatic rings. The van der Waals surface area contributed by atoms with Crippen LogP contribution in [0.25, 0.3) is 33.2 Å². The Hall–Kier alpha value is -5.55. The van der Waals surface area contributed by atoms with Crippen molar-refractivity contribution in [2.24, 2.45) is 11.7 Å². The van der Waals surface area contributed by atoms with Gasteiger partial charge in [0.1, 0.15) is 11.5 Å². The zero-order valence-corrected chi connectivity index (χ0v) is 33.4. The number of carboxylic acids is 1. The lowest BCUT2D eigenvalue weighted by molar-refractivity contribution is -0.143. The van der Waals surface area contributed by atoms with Crippen LogP contribution in [0.2, 0.25) is 10.0 Å². The minimum atomic E-state index is -0.705. The molecular formula is C45H45Cl2N5O5. The first-order chi connectivity index (χ1) is 27.6. The first kappa shape index (κ1) is 39.7. The monoisotopic (exact) mass is 805 g/mol. The number of amides is 2. The molecular weight excluding hydrogens is 761 g/mol. The van der Waals surface area contributed by atoms with Crippen molar-refractivity contribution >= 4 is 46.1 Å². The Morgan fingerprint density at radius 2 is 1.53 bits per heavy atom. The molecule has 0 unspecified atom stereocenters. The summed E-state index contributed by atoms with van der Waals surface area (Å²) in [5.74, 6) is 0.358. The molecule has 5 aromatic carbocycles. The molecule has 1 heterocycles. The number of methoxy groups -OCH3 is 2. The lowest BCUT2D eigenvalue weighted by Crippen LogP contribution is -2.38. The number of ether oxygens (including phenoxy) is 2. The topological polar surface area (TPSA) is 132 Å². The normalized spacial score (nSPS) is 15.5. The molecule has 294 valence electrons. The molecule has 0 radical (unpaired) electrons. The SMILES string of the molecule is COc1cc(-c2cccc(-c3cccc4c3cnn4Cc3cc(OC)c(CN(Cc4ccccc4)[C@H]4CC[C@H](C(=O)O)CC4)cc3Cl)c2Cl)ccc1CNC(N)=O. The lowest BCUT2D eigenvalue weighted by atomic mass is 9.85. The molecule has 0 spiro atoms. The van der Waals surface area contributed by atoms with Crippen molar-refractivity contribution in [3.8, 4) is 33.8 Å². The van der Waals surface area contributed by atoms with Gasteiger partial charge in [0.25, 0.3) is 0 Å². The molecule has 7 rings (SSSR count). The number of nitrogens with one attached hydrogen (secondary N) is 1. The lowest BCUT2D eigenvalue weighted by Gasteiger charge is -2.36. The van der Waals surface area contributed by atoms with Gasteiger partial charge in [-0.2, -0.15) is 5.10 Å². The van der Waals surface area contributed by atoms with E-state index in [1.54, 1.807) is 14.2 Å². The fraction of sp³-hybridized carbons (Fsp3) is 0.267. The Kier molecular flexibility index (Phi) is 12.3. The molecule has 1 aromatic heterocycles. The second kappa shape index (κ2) is 17.7. The smallest absolute Gasteiger partial charge is 0.312 e. The number of aliphatic carboxylic acids is 1. The van der Waals surface area contributed by atoms with Gasteiger partial charge >= 0.3 is 12.0 Å². The van der Waals surface area contributed by atoms with Gasteiger partial charge in [-0.15, -0.1) is 0 Å². The number of hydrogen-bond donors (Lipinski definition) is 3. The number of nitrogens with zero attached hydrogens (tertiary/aromatic N) is 3. The number of nitrogens with two attached hydrogens (primary N) is 1. The van der Waals surface area contributed by atoms with E-state index >= 15 is 0 Å². The van der Waals surface area contributed by atoms with Gasteiger partial charge < -0.3 is 25.6 Å². The Morgan fingerprint density at radius 3 is 2.25 bits per heavy atom. The van der Waals surface area contributed by atoms with Crippen LogP contribution in [0.1, 0.15) is 47.9 Å². The molecule has 1 fully saturated rings. The van der Waals surface area contributed by atoms with Crippen LogP contribution in [0.15, 0.2) is 103 Å². The van der Waals surface area contributed by atoms with Gasteiger partial charge in [0.05, 0.1) is 43.4 Å². The number of benzene rings is 5. The number of carbonyl (C=O) groups excluding carboxylic acids is 1. The van der Waals surface area contributed by atoms with Crippen LogP contribution in [0.5, 0.6) is 11.5 Å². The molecule has 1 aliphatic rings. The van der Waals surface area contributed by atoms with E-state index < -0.39 is 12.0 Å². The van der Waals surface area contributed by atoms with Gasteiger partial charge in [-0.1, -0.05) is 96.0 Å². The van der Waals surface area contributed by atoms with E-state index in [0.29, 0.717) is 41.7 Å². The van der Waals surface area contributed by atoms with Crippen molar-refractivity contribution in [1.29, 1.82) is 0 Å². The van der Waals surface area contributed by atoms with Crippen molar-refractivity contribution in [1.82, 2.24) is 20.0 Å². The highest BCUT2D eigenvalue weighted by molar-refractivity contribution is 6.36. The molecule has 1 saturated carbocycles. The molecule has 0 saturated heterocycles. The third kappa shape index (κ3) is 8.89. The number of primary amides is 1. The second-order valence-electron chi connectivity index (χ2n) is 14.4. The standard InChI is InChI=1S/C45H45Cl2N5O5/c1-56-41-21-30(14-15-31(41)23-49-45(48)55)35-10-6-12-37(43(35)47)36-11-7-13-40-38(36)24-50-52(40)27-32-22-42(57-2)33(20-39(32)46)26-51(25-28-8-4-3-5-9-28)34-18-16-29(17-19-34)44(53)54/h3-15,20-22,24,29,34H,16-19,23,25-27H2,1-2H3,(H,53,54)(H3,48,49,55)/t29-,34-. The zero-order valence-electron chi connectivity index (χ0n) is 31.9. The van der Waals surface area contributed by atoms with Crippen molar-refractivity contribution in [2.75, 3.05) is 14.2 Å². The predicted octanol–water partition coefficient (Wildman–Crippen LogP) is 9.56. The quantitative estimate of drug-likeness (QED) is 0.0999. The fourth-order valence-corrected chi connectivity index (χ4v) is 8.52. The van der Waals surface area contributed by atoms with E-state index in [1.165, 1.54) is 5.56 Å². The largest absolute Gasteiger partial charge is 0.496 e. The number of aromatic nitrogens is 2. The number of hydrogen-bond acceptors (Lipinski definition) is 6. The second-order valence-corrected chi connectivity index (χ2v) is 15.2. The van der Waals surface area contributed by atoms with Crippen molar-refractivity contribution < 1.29 is 24.2 Å². The highest BCUT2D eigenvalue weighted by Gasteiger charge is 2.30. The summed E-state index contributed by atoms with van der Waals surface area (Å²) in [5.41, 5.74) is 13.5. The van der Waals surface area contributed by atoms with E-state index in [4.69, 9.17) is 43.5 Å². The van der Waals surface area contributed by atoms with Crippen molar-refractivity contribution in [3.63, 3.8) is 0 Å². The van der Waals surface area contributed by atoms with Gasteiger partial charge in [-0.3, -0.25) is 14.4 Å². The number of fused-ring (bicyclic) bond motifs is 1. The summed E-state index contributed by atoms with van der Waals surface area (Å²) in [6, 6.07) is 31.7. The number of urea groups is 1. The first-order valence-electron chi connectivity index (χ1n) is 18.9. The summed E-state index contributed by atoms with van der Waals surface area (Å²) in [4.78, 5) is 25.4. The highest BCUT2D eigenvalue weighted by atomic mass is 35.5. The Morgan fingerprint density at radius 1 is 0.825 bits per heavy atom. The summed E-state index contributed by atoms with van der Waals surface area (Å²) >= 11 is 14.2. The molecule has 10 nitrogen and oxygen atoms in total. The van der Waals surface area contributed by atoms with Gasteiger partial charge in [0, 0.05) is 58.3 Å². The molecule has 12 heteroatoms. The van der Waals surface area contributed by atoms with E-state index in [1.807, 2.05) is 95.8 Å². The number of carbonyl (C=O) groups is 2. The van der Waals surface area contributed by atoms with Gasteiger partial charge in [0.2, 0.25) is 0 Å². The number of carboxylic acid groups (broad SMARTS) is 1. The maximum Gasteiger partial charge on any atom is 0.312 e. The van der Waals surface area contributed by atoms with Crippen molar-refractivity contribution in [3.05, 3.63) is 136 Å². The average molecular weight is 807 g/mol. The first-order valence-corrected chi connectivity index (χ1v) is 19.7.